The van der Waals surface area contributed by atoms with Crippen LogP contribution >= 0.6 is 0 Å². The van der Waals surface area contributed by atoms with Gasteiger partial charge in [0.15, 0.2) is 16.6 Å². The molecule has 0 N–H and O–H groups in total. The van der Waals surface area contributed by atoms with E-state index in [-0.39, 0.29) is 46.5 Å². The molecule has 0 saturated heterocycles. The van der Waals surface area contributed by atoms with Crippen molar-refractivity contribution in [3.63, 3.8) is 0 Å². The minimum absolute atomic E-state index is 0. The molecule has 0 heterocycles. The second-order valence-corrected chi connectivity index (χ2v) is 13.5. The fourth-order valence-corrected chi connectivity index (χ4v) is 9.25. The fourth-order valence-electron chi connectivity index (χ4n) is 1.64. The second-order valence-electron chi connectivity index (χ2n) is 4.92. The maximum Gasteiger partial charge on any atom is 3.00 e. The molecule has 0 atom stereocenters. The van der Waals surface area contributed by atoms with Gasteiger partial charge in [-0.15, -0.1) is 6.42 Å². The van der Waals surface area contributed by atoms with E-state index in [0.29, 0.717) is 0 Å². The summed E-state index contributed by atoms with van der Waals surface area (Å²) in [5, 5.41) is 1.34. The van der Waals surface area contributed by atoms with Gasteiger partial charge in [-0.05, 0) is 32.7 Å². The van der Waals surface area contributed by atoms with E-state index < -0.39 is 16.6 Å². The Labute approximate surface area is 129 Å². The Morgan fingerprint density at radius 2 is 1.62 bits per heavy atom. The predicted octanol–water partition coefficient (Wildman–Crippen LogP) is -2.72. The average molecular weight is 330 g/mol. The smallest absolute Gasteiger partial charge is 1.00 e. The molecule has 0 aromatic heterocycles. The average Bonchev–Trinajstić information content (AvgIpc) is 2.29. The fraction of sp³-hybridized carbons (Fsp3) is 0.600. The number of hydrogen-bond donors (Lipinski definition) is 0. The molecule has 0 amide bonds. The van der Waals surface area contributed by atoms with Gasteiger partial charge in [0.1, 0.15) is 0 Å². The van der Waals surface area contributed by atoms with E-state index in [1.807, 2.05) is 0 Å². The summed E-state index contributed by atoms with van der Waals surface area (Å²) in [4.78, 5) is 0. The van der Waals surface area contributed by atoms with E-state index in [0.717, 1.165) is 6.42 Å². The third-order valence-corrected chi connectivity index (χ3v) is 8.04. The Kier molecular flexibility index (Phi) is 11.6. The summed E-state index contributed by atoms with van der Waals surface area (Å²) in [6.07, 6.45) is 8.71. The van der Waals surface area contributed by atoms with Gasteiger partial charge in [0.25, 0.3) is 0 Å². The van der Waals surface area contributed by atoms with Gasteiger partial charge < -0.3 is 28.9 Å². The first-order valence-corrected chi connectivity index (χ1v) is 11.1. The number of halogens is 2. The molecule has 1 nitrogen and oxygen atoms in total. The maximum atomic E-state index is 6.24. The molecule has 0 fully saturated rings. The van der Waals surface area contributed by atoms with Crippen molar-refractivity contribution in [3.05, 3.63) is 23.4 Å². The van der Waals surface area contributed by atoms with Crippen LogP contribution in [0, 0.1) is 6.08 Å². The van der Waals surface area contributed by atoms with Crippen LogP contribution in [0.1, 0.15) is 6.42 Å². The predicted molar refractivity (Wildman–Crippen MR) is 62.4 cm³/mol. The summed E-state index contributed by atoms with van der Waals surface area (Å²) in [7, 11) is -3.02. The zero-order valence-corrected chi connectivity index (χ0v) is 15.6. The molecule has 0 bridgehead atoms. The summed E-state index contributed by atoms with van der Waals surface area (Å²) in [5.41, 5.74) is 0. The molecule has 16 heavy (non-hydrogen) atoms. The summed E-state index contributed by atoms with van der Waals surface area (Å²) in [6.45, 7) is 11.3. The first-order valence-electron chi connectivity index (χ1n) is 4.79. The normalized spacial score (nSPS) is 14.4. The molecule has 6 heteroatoms. The molecular formula is C10H19Cl2OSi2Ti. The van der Waals surface area contributed by atoms with Crippen LogP contribution in [0.2, 0.25) is 32.7 Å². The Balaban J connectivity index is -0.000000563. The van der Waals surface area contributed by atoms with Gasteiger partial charge in [0.05, 0.1) is 0 Å². The van der Waals surface area contributed by atoms with Crippen LogP contribution in [0.4, 0.5) is 0 Å². The SMILES string of the molecule is C[Si](C)(C)O[Si](C)(C)C1=[C-]CC=C1.[Cl-].[Cl-].[Ti+3]. The summed E-state index contributed by atoms with van der Waals surface area (Å²) in [6, 6.07) is 0. The van der Waals surface area contributed by atoms with E-state index in [9.17, 15) is 0 Å². The van der Waals surface area contributed by atoms with Crippen LogP contribution in [0.5, 0.6) is 0 Å². The third-order valence-electron chi connectivity index (χ3n) is 1.90. The molecule has 0 saturated carbocycles. The zero-order valence-electron chi connectivity index (χ0n) is 10.5. The summed E-state index contributed by atoms with van der Waals surface area (Å²) in [5.74, 6) is 0. The summed E-state index contributed by atoms with van der Waals surface area (Å²) >= 11 is 0. The van der Waals surface area contributed by atoms with E-state index >= 15 is 0 Å². The molecule has 0 aliphatic heterocycles. The number of hydrogen-bond acceptors (Lipinski definition) is 1. The Hall–Kier alpha value is 1.17. The Bertz CT molecular complexity index is 260. The van der Waals surface area contributed by atoms with Crippen LogP contribution in [-0.2, 0) is 25.8 Å². The van der Waals surface area contributed by atoms with Crippen molar-refractivity contribution >= 4 is 16.6 Å². The molecule has 0 unspecified atom stereocenters. The van der Waals surface area contributed by atoms with Gasteiger partial charge >= 0.3 is 21.7 Å². The van der Waals surface area contributed by atoms with Crippen LogP contribution in [0.15, 0.2) is 17.3 Å². The first-order chi connectivity index (χ1) is 5.81. The van der Waals surface area contributed by atoms with E-state index in [1.165, 1.54) is 5.20 Å². The van der Waals surface area contributed by atoms with Crippen molar-refractivity contribution in [2.24, 2.45) is 0 Å². The Morgan fingerprint density at radius 1 is 1.12 bits per heavy atom. The standard InChI is InChI=1S/C10H19OSi2.2ClH.Ti/c1-12(2,3)11-13(4,5)10-8-6-7-9-10;;;/h6,8H,7H2,1-5H3;2*1H;/q-1;;;+3/p-2. The Morgan fingerprint density at radius 3 is 1.94 bits per heavy atom. The molecule has 1 rings (SSSR count). The van der Waals surface area contributed by atoms with E-state index in [4.69, 9.17) is 4.12 Å². The number of allylic oxidation sites excluding steroid dienone is 4. The van der Waals surface area contributed by atoms with Crippen molar-refractivity contribution < 1.29 is 50.6 Å². The van der Waals surface area contributed by atoms with Gasteiger partial charge in [-0.2, -0.15) is 6.08 Å². The quantitative estimate of drug-likeness (QED) is 0.404. The zero-order chi connectivity index (χ0) is 10.1. The van der Waals surface area contributed by atoms with Crippen molar-refractivity contribution in [3.8, 4) is 0 Å². The van der Waals surface area contributed by atoms with Gasteiger partial charge in [0, 0.05) is 0 Å². The number of rotatable bonds is 3. The largest absolute Gasteiger partial charge is 3.00 e. The molecule has 1 aliphatic rings. The van der Waals surface area contributed by atoms with Crippen LogP contribution in [0.25, 0.3) is 0 Å². The van der Waals surface area contributed by atoms with E-state index in [2.05, 4.69) is 51.0 Å². The molecular weight excluding hydrogens is 311 g/mol. The minimum atomic E-state index is -1.63. The third kappa shape index (κ3) is 7.49. The second kappa shape index (κ2) is 8.30. The van der Waals surface area contributed by atoms with Crippen molar-refractivity contribution in [1.82, 2.24) is 0 Å². The van der Waals surface area contributed by atoms with Crippen molar-refractivity contribution in [2.45, 2.75) is 39.2 Å². The molecule has 0 aromatic carbocycles. The topological polar surface area (TPSA) is 9.23 Å². The molecule has 0 spiro atoms. The molecule has 1 aliphatic carbocycles. The van der Waals surface area contributed by atoms with E-state index in [1.54, 1.807) is 0 Å². The van der Waals surface area contributed by atoms with Gasteiger partial charge in [-0.25, -0.2) is 11.3 Å². The van der Waals surface area contributed by atoms with Gasteiger partial charge in [-0.1, -0.05) is 0 Å². The molecule has 0 aromatic rings. The minimum Gasteiger partial charge on any atom is -1.00 e. The first kappa shape index (κ1) is 22.4. The van der Waals surface area contributed by atoms with Gasteiger partial charge in [-0.3, -0.25) is 6.08 Å². The molecule has 91 valence electrons. The van der Waals surface area contributed by atoms with Crippen LogP contribution in [-0.4, -0.2) is 16.6 Å². The van der Waals surface area contributed by atoms with Gasteiger partial charge in [0.2, 0.25) is 0 Å². The molecule has 1 radical (unpaired) electrons. The van der Waals surface area contributed by atoms with Crippen molar-refractivity contribution in [2.75, 3.05) is 0 Å². The monoisotopic (exact) mass is 329 g/mol. The van der Waals surface area contributed by atoms with Crippen LogP contribution in [0.3, 0.4) is 0 Å². The van der Waals surface area contributed by atoms with Crippen molar-refractivity contribution in [1.29, 1.82) is 0 Å². The van der Waals surface area contributed by atoms with Crippen LogP contribution < -0.4 is 24.8 Å². The maximum absolute atomic E-state index is 6.24. The summed E-state index contributed by atoms with van der Waals surface area (Å²) < 4.78 is 6.24.